The van der Waals surface area contributed by atoms with Crippen LogP contribution in [0.25, 0.3) is 0 Å². The van der Waals surface area contributed by atoms with Gasteiger partial charge in [-0.3, -0.25) is 9.71 Å². The summed E-state index contributed by atoms with van der Waals surface area (Å²) in [6, 6.07) is 9.54. The van der Waals surface area contributed by atoms with Crippen LogP contribution in [0.15, 0.2) is 53.7 Å². The molecule has 0 saturated heterocycles. The van der Waals surface area contributed by atoms with Crippen LogP contribution in [0.4, 0.5) is 5.69 Å². The van der Waals surface area contributed by atoms with E-state index in [2.05, 4.69) is 9.71 Å². The molecule has 0 saturated carbocycles. The number of aliphatic hydroxyl groups is 1. The number of anilines is 1. The Balaban J connectivity index is 2.37. The van der Waals surface area contributed by atoms with Gasteiger partial charge in [0.1, 0.15) is 0 Å². The first-order chi connectivity index (χ1) is 8.63. The van der Waals surface area contributed by atoms with E-state index in [1.807, 2.05) is 0 Å². The van der Waals surface area contributed by atoms with Gasteiger partial charge in [-0.1, -0.05) is 18.2 Å². The number of rotatable bonds is 4. The first kappa shape index (κ1) is 12.5. The summed E-state index contributed by atoms with van der Waals surface area (Å²) < 4.78 is 26.7. The summed E-state index contributed by atoms with van der Waals surface area (Å²) >= 11 is 0. The monoisotopic (exact) mass is 264 g/mol. The van der Waals surface area contributed by atoms with Crippen LogP contribution in [-0.4, -0.2) is 18.5 Å². The third-order valence-electron chi connectivity index (χ3n) is 2.35. The van der Waals surface area contributed by atoms with Gasteiger partial charge < -0.3 is 5.11 Å². The van der Waals surface area contributed by atoms with Crippen LogP contribution >= 0.6 is 0 Å². The summed E-state index contributed by atoms with van der Waals surface area (Å²) in [6.45, 7) is -0.329. The van der Waals surface area contributed by atoms with Crippen molar-refractivity contribution in [1.29, 1.82) is 0 Å². The first-order valence-corrected chi connectivity index (χ1v) is 6.73. The lowest BCUT2D eigenvalue weighted by molar-refractivity contribution is 0.278. The molecule has 2 aromatic rings. The van der Waals surface area contributed by atoms with Gasteiger partial charge in [-0.25, -0.2) is 8.42 Å². The minimum absolute atomic E-state index is 0.0661. The van der Waals surface area contributed by atoms with E-state index >= 15 is 0 Å². The van der Waals surface area contributed by atoms with Crippen molar-refractivity contribution < 1.29 is 13.5 Å². The quantitative estimate of drug-likeness (QED) is 0.874. The molecule has 0 atom stereocenters. The van der Waals surface area contributed by atoms with Gasteiger partial charge in [0.25, 0.3) is 10.0 Å². The molecule has 1 aromatic heterocycles. The fourth-order valence-corrected chi connectivity index (χ4v) is 2.81. The summed E-state index contributed by atoms with van der Waals surface area (Å²) in [5.41, 5.74) is 0.735. The number of hydrogen-bond donors (Lipinski definition) is 2. The van der Waals surface area contributed by atoms with E-state index in [9.17, 15) is 8.42 Å². The zero-order valence-electron chi connectivity index (χ0n) is 9.45. The predicted octanol–water partition coefficient (Wildman–Crippen LogP) is 1.37. The first-order valence-electron chi connectivity index (χ1n) is 5.25. The van der Waals surface area contributed by atoms with Crippen molar-refractivity contribution in [2.24, 2.45) is 0 Å². The van der Waals surface area contributed by atoms with E-state index in [0.717, 1.165) is 0 Å². The van der Waals surface area contributed by atoms with Gasteiger partial charge in [-0.05, 0) is 23.8 Å². The molecule has 5 nitrogen and oxygen atoms in total. The molecule has 0 unspecified atom stereocenters. The molecule has 6 heteroatoms. The molecular formula is C12H12N2O3S. The van der Waals surface area contributed by atoms with E-state index < -0.39 is 10.0 Å². The number of hydrogen-bond acceptors (Lipinski definition) is 4. The molecule has 0 aliphatic rings. The number of sulfonamides is 1. The molecule has 0 amide bonds. The van der Waals surface area contributed by atoms with E-state index in [1.54, 1.807) is 36.5 Å². The van der Waals surface area contributed by atoms with Crippen molar-refractivity contribution in [3.8, 4) is 0 Å². The smallest absolute Gasteiger partial charge is 0.262 e. The van der Waals surface area contributed by atoms with Crippen LogP contribution < -0.4 is 4.72 Å². The highest BCUT2D eigenvalue weighted by molar-refractivity contribution is 7.92. The maximum absolute atomic E-state index is 12.1. The largest absolute Gasteiger partial charge is 0.392 e. The lowest BCUT2D eigenvalue weighted by Crippen LogP contribution is -2.15. The number of benzene rings is 1. The fourth-order valence-electron chi connectivity index (χ4n) is 1.53. The zero-order valence-corrected chi connectivity index (χ0v) is 10.3. The highest BCUT2D eigenvalue weighted by atomic mass is 32.2. The van der Waals surface area contributed by atoms with E-state index in [4.69, 9.17) is 5.11 Å². The minimum Gasteiger partial charge on any atom is -0.392 e. The van der Waals surface area contributed by atoms with Gasteiger partial charge in [0, 0.05) is 6.20 Å². The van der Waals surface area contributed by atoms with Gasteiger partial charge in [-0.15, -0.1) is 0 Å². The average Bonchev–Trinajstić information content (AvgIpc) is 2.39. The Morgan fingerprint density at radius 1 is 1.17 bits per heavy atom. The summed E-state index contributed by atoms with van der Waals surface area (Å²) in [5, 5.41) is 9.14. The van der Waals surface area contributed by atoms with Crippen molar-refractivity contribution >= 4 is 15.7 Å². The topological polar surface area (TPSA) is 79.3 Å². The number of aliphatic hydroxyl groups excluding tert-OH is 1. The number of aromatic nitrogens is 1. The van der Waals surface area contributed by atoms with Gasteiger partial charge in [0.15, 0.2) is 0 Å². The van der Waals surface area contributed by atoms with Gasteiger partial charge in [0.05, 0.1) is 23.4 Å². The number of nitrogens with one attached hydrogen (secondary N) is 1. The van der Waals surface area contributed by atoms with Crippen molar-refractivity contribution in [3.05, 3.63) is 54.4 Å². The summed E-state index contributed by atoms with van der Waals surface area (Å²) in [5.74, 6) is 0. The molecular weight excluding hydrogens is 252 g/mol. The van der Waals surface area contributed by atoms with Crippen LogP contribution in [0.3, 0.4) is 0 Å². The SMILES string of the molecule is O=S(=O)(Nc1cccnc1)c1ccccc1CO. The molecule has 2 N–H and O–H groups in total. The molecule has 0 spiro atoms. The minimum atomic E-state index is -3.71. The van der Waals surface area contributed by atoms with Crippen molar-refractivity contribution in [2.45, 2.75) is 11.5 Å². The fraction of sp³-hybridized carbons (Fsp3) is 0.0833. The Hall–Kier alpha value is -1.92. The predicted molar refractivity (Wildman–Crippen MR) is 67.4 cm³/mol. The second-order valence-electron chi connectivity index (χ2n) is 3.61. The lowest BCUT2D eigenvalue weighted by Gasteiger charge is -2.10. The van der Waals surface area contributed by atoms with Crippen molar-refractivity contribution in [2.75, 3.05) is 4.72 Å². The molecule has 1 aromatic carbocycles. The Morgan fingerprint density at radius 2 is 1.94 bits per heavy atom. The number of pyridine rings is 1. The highest BCUT2D eigenvalue weighted by Gasteiger charge is 2.17. The van der Waals surface area contributed by atoms with E-state index in [-0.39, 0.29) is 11.5 Å². The van der Waals surface area contributed by atoms with Gasteiger partial charge >= 0.3 is 0 Å². The summed E-state index contributed by atoms with van der Waals surface area (Å²) in [7, 11) is -3.71. The standard InChI is InChI=1S/C12H12N2O3S/c15-9-10-4-1-2-6-12(10)18(16,17)14-11-5-3-7-13-8-11/h1-8,14-15H,9H2. The molecule has 1 heterocycles. The van der Waals surface area contributed by atoms with Crippen LogP contribution in [0.2, 0.25) is 0 Å². The van der Waals surface area contributed by atoms with Crippen LogP contribution in [0.5, 0.6) is 0 Å². The van der Waals surface area contributed by atoms with Gasteiger partial charge in [-0.2, -0.15) is 0 Å². The van der Waals surface area contributed by atoms with Crippen molar-refractivity contribution in [1.82, 2.24) is 4.98 Å². The van der Waals surface area contributed by atoms with Gasteiger partial charge in [0.2, 0.25) is 0 Å². The van der Waals surface area contributed by atoms with E-state index in [1.165, 1.54) is 12.3 Å². The molecule has 0 aliphatic heterocycles. The van der Waals surface area contributed by atoms with Crippen LogP contribution in [0, 0.1) is 0 Å². The van der Waals surface area contributed by atoms with Crippen LogP contribution in [0.1, 0.15) is 5.56 Å². The Morgan fingerprint density at radius 3 is 2.61 bits per heavy atom. The van der Waals surface area contributed by atoms with Crippen LogP contribution in [-0.2, 0) is 16.6 Å². The Kier molecular flexibility index (Phi) is 3.59. The second-order valence-corrected chi connectivity index (χ2v) is 5.26. The maximum atomic E-state index is 12.1. The molecule has 0 bridgehead atoms. The zero-order chi connectivity index (χ0) is 13.0. The second kappa shape index (κ2) is 5.16. The Bertz CT molecular complexity index is 627. The molecule has 2 rings (SSSR count). The lowest BCUT2D eigenvalue weighted by atomic mass is 10.2. The maximum Gasteiger partial charge on any atom is 0.262 e. The molecule has 94 valence electrons. The third kappa shape index (κ3) is 2.66. The average molecular weight is 264 g/mol. The molecule has 0 radical (unpaired) electrons. The third-order valence-corrected chi connectivity index (χ3v) is 3.83. The normalized spacial score (nSPS) is 11.2. The molecule has 0 fully saturated rings. The Labute approximate surface area is 105 Å². The van der Waals surface area contributed by atoms with E-state index in [0.29, 0.717) is 11.3 Å². The van der Waals surface area contributed by atoms with Crippen molar-refractivity contribution in [3.63, 3.8) is 0 Å². The summed E-state index contributed by atoms with van der Waals surface area (Å²) in [6.07, 6.45) is 2.97. The number of nitrogens with zero attached hydrogens (tertiary/aromatic N) is 1. The summed E-state index contributed by atoms with van der Waals surface area (Å²) in [4.78, 5) is 3.89. The highest BCUT2D eigenvalue weighted by Crippen LogP contribution is 2.18. The molecule has 18 heavy (non-hydrogen) atoms. The molecule has 0 aliphatic carbocycles.